The van der Waals surface area contributed by atoms with Crippen molar-refractivity contribution >= 4 is 36.5 Å². The van der Waals surface area contributed by atoms with Gasteiger partial charge in [-0.15, -0.1) is 12.6 Å². The van der Waals surface area contributed by atoms with Gasteiger partial charge in [0.1, 0.15) is 0 Å². The summed E-state index contributed by atoms with van der Waals surface area (Å²) in [5.41, 5.74) is 0. The van der Waals surface area contributed by atoms with Crippen LogP contribution in [0.15, 0.2) is 0 Å². The highest BCUT2D eigenvalue weighted by atomic mass is 32.3. The summed E-state index contributed by atoms with van der Waals surface area (Å²) in [6.07, 6.45) is 0. The SMILES string of the molecule is O=P(F)(F)NS(=O)(=O)O.O=P(O)(F)NS(=O)(=O)F. The molecule has 0 radical (unpaired) electrons. The third-order valence-electron chi connectivity index (χ3n) is 0.443. The summed E-state index contributed by atoms with van der Waals surface area (Å²) in [6, 6.07) is 0. The highest BCUT2D eigenvalue weighted by Gasteiger charge is 2.25. The minimum atomic E-state index is -5.88. The third kappa shape index (κ3) is 24.9. The first-order valence-corrected chi connectivity index (χ1v) is 8.79. The molecule has 0 saturated heterocycles. The van der Waals surface area contributed by atoms with E-state index in [9.17, 15) is 42.4 Å². The van der Waals surface area contributed by atoms with Crippen molar-refractivity contribution in [3.63, 3.8) is 0 Å². The van der Waals surface area contributed by atoms with Crippen LogP contribution >= 0.6 is 15.7 Å². The molecule has 1 atom stereocenters. The van der Waals surface area contributed by atoms with Crippen molar-refractivity contribution in [3.05, 3.63) is 0 Å². The standard InChI is InChI=1S/2F2H2NO4PS/c1-8(4,5)3-9(2,6)7;1-8(2,4)3-9(5,6)7/h(H2,3,4,5);(H,3,4)(H,5,6,7). The highest BCUT2D eigenvalue weighted by Crippen LogP contribution is 2.44. The number of nitrogens with one attached hydrogen (secondary N) is 2. The molecule has 0 aliphatic carbocycles. The molecule has 0 fully saturated rings. The van der Waals surface area contributed by atoms with Gasteiger partial charge < -0.3 is 4.89 Å². The number of rotatable bonds is 4. The molecule has 0 bridgehead atoms. The first kappa shape index (κ1) is 20.2. The van der Waals surface area contributed by atoms with Crippen LogP contribution in [0, 0.1) is 0 Å². The van der Waals surface area contributed by atoms with E-state index in [0.717, 1.165) is 0 Å². The van der Waals surface area contributed by atoms with Crippen LogP contribution < -0.4 is 8.99 Å². The second-order valence-corrected chi connectivity index (χ2v) is 7.27. The Morgan fingerprint density at radius 1 is 0.944 bits per heavy atom. The molecule has 0 aromatic rings. The predicted octanol–water partition coefficient (Wildman–Crippen LogP) is 0.286. The summed E-state index contributed by atoms with van der Waals surface area (Å²) in [5, 5.41) is 0. The normalized spacial score (nSPS) is 16.3. The van der Waals surface area contributed by atoms with Crippen LogP contribution in [-0.4, -0.2) is 26.3 Å². The Hall–Kier alpha value is -0.0800. The number of hydrogen-bond acceptors (Lipinski definition) is 6. The van der Waals surface area contributed by atoms with Crippen molar-refractivity contribution in [2.75, 3.05) is 0 Å². The van der Waals surface area contributed by atoms with Gasteiger partial charge in [0.2, 0.25) is 0 Å². The highest BCUT2D eigenvalue weighted by molar-refractivity contribution is 7.90. The van der Waals surface area contributed by atoms with Crippen LogP contribution in [0.3, 0.4) is 0 Å². The van der Waals surface area contributed by atoms with Gasteiger partial charge >= 0.3 is 36.5 Å². The van der Waals surface area contributed by atoms with E-state index in [2.05, 4.69) is 0 Å². The van der Waals surface area contributed by atoms with E-state index in [1.807, 2.05) is 0 Å². The summed E-state index contributed by atoms with van der Waals surface area (Å²) in [7, 11) is -21.8. The number of halogens is 4. The fourth-order valence-corrected chi connectivity index (χ4v) is 2.42. The minimum absolute atomic E-state index is 0.208. The lowest BCUT2D eigenvalue weighted by molar-refractivity contribution is 0.421. The average molecular weight is 362 g/mol. The van der Waals surface area contributed by atoms with Gasteiger partial charge in [0, 0.05) is 0 Å². The van der Waals surface area contributed by atoms with E-state index in [0.29, 0.717) is 0 Å². The quantitative estimate of drug-likeness (QED) is 0.239. The Morgan fingerprint density at radius 3 is 1.28 bits per heavy atom. The molecule has 0 rings (SSSR count). The molecule has 1 unspecified atom stereocenters. The molecular weight excluding hydrogens is 358 g/mol. The molecular formula is H4F4N2O8P2S2. The van der Waals surface area contributed by atoms with E-state index >= 15 is 0 Å². The molecule has 0 aliphatic rings. The Labute approximate surface area is 97.9 Å². The lowest BCUT2D eigenvalue weighted by Gasteiger charge is -1.95. The zero-order valence-corrected chi connectivity index (χ0v) is 11.0. The maximum absolute atomic E-state index is 11.3. The molecule has 18 heavy (non-hydrogen) atoms. The Kier molecular flexibility index (Phi) is 7.18. The van der Waals surface area contributed by atoms with E-state index in [1.165, 1.54) is 0 Å². The molecule has 0 spiro atoms. The fraction of sp³-hybridized carbons (Fsp3) is 0. The number of hydrogen-bond donors (Lipinski definition) is 4. The van der Waals surface area contributed by atoms with Crippen molar-refractivity contribution in [1.29, 1.82) is 0 Å². The Balaban J connectivity index is 0. The first-order valence-electron chi connectivity index (χ1n) is 2.93. The van der Waals surface area contributed by atoms with Crippen molar-refractivity contribution in [2.24, 2.45) is 0 Å². The molecule has 0 saturated carbocycles. The van der Waals surface area contributed by atoms with Crippen LogP contribution in [0.1, 0.15) is 0 Å². The van der Waals surface area contributed by atoms with Crippen LogP contribution in [-0.2, 0) is 29.8 Å². The molecule has 112 valence electrons. The zero-order valence-electron chi connectivity index (χ0n) is 7.57. The summed E-state index contributed by atoms with van der Waals surface area (Å²) in [4.78, 5) is 7.51. The lowest BCUT2D eigenvalue weighted by atomic mass is 13.9. The lowest BCUT2D eigenvalue weighted by Crippen LogP contribution is -2.15. The molecule has 0 amide bonds. The maximum Gasteiger partial charge on any atom is 0.495 e. The molecule has 4 N–H and O–H groups in total. The average Bonchev–Trinajstić information content (AvgIpc) is 1.64. The van der Waals surface area contributed by atoms with E-state index in [1.54, 1.807) is 0 Å². The van der Waals surface area contributed by atoms with Gasteiger partial charge in [-0.3, -0.25) is 4.55 Å². The van der Waals surface area contributed by atoms with Gasteiger partial charge in [-0.1, -0.05) is 12.9 Å². The predicted molar refractivity (Wildman–Crippen MR) is 48.6 cm³/mol. The van der Waals surface area contributed by atoms with E-state index in [4.69, 9.17) is 9.45 Å². The van der Waals surface area contributed by atoms with Gasteiger partial charge in [-0.2, -0.15) is 16.8 Å². The molecule has 0 aliphatic heterocycles. The van der Waals surface area contributed by atoms with Crippen LogP contribution in [0.4, 0.5) is 16.5 Å². The van der Waals surface area contributed by atoms with Gasteiger partial charge in [0.15, 0.2) is 0 Å². The largest absolute Gasteiger partial charge is 0.495 e. The van der Waals surface area contributed by atoms with Gasteiger partial charge in [0.25, 0.3) is 0 Å². The summed E-state index contributed by atoms with van der Waals surface area (Å²) < 4.78 is 109. The Bertz CT molecular complexity index is 502. The second-order valence-electron chi connectivity index (χ2n) is 2.06. The second kappa shape index (κ2) is 6.38. The molecule has 18 heteroatoms. The van der Waals surface area contributed by atoms with Gasteiger partial charge in [-0.05, 0) is 0 Å². The molecule has 0 heterocycles. The minimum Gasteiger partial charge on any atom is -0.309 e. The molecule has 0 aromatic heterocycles. The van der Waals surface area contributed by atoms with Crippen molar-refractivity contribution in [1.82, 2.24) is 8.99 Å². The maximum atomic E-state index is 11.3. The van der Waals surface area contributed by atoms with Gasteiger partial charge in [-0.25, -0.2) is 9.13 Å². The van der Waals surface area contributed by atoms with Gasteiger partial charge in [0.05, 0.1) is 0 Å². The van der Waals surface area contributed by atoms with Crippen molar-refractivity contribution in [2.45, 2.75) is 0 Å². The Morgan fingerprint density at radius 2 is 1.28 bits per heavy atom. The smallest absolute Gasteiger partial charge is 0.309 e. The van der Waals surface area contributed by atoms with E-state index < -0.39 is 36.5 Å². The van der Waals surface area contributed by atoms with Crippen LogP contribution in [0.25, 0.3) is 0 Å². The van der Waals surface area contributed by atoms with Crippen molar-refractivity contribution < 1.29 is 51.9 Å². The monoisotopic (exact) mass is 362 g/mol. The zero-order chi connectivity index (χ0) is 15.4. The van der Waals surface area contributed by atoms with Crippen molar-refractivity contribution in [3.8, 4) is 0 Å². The topological polar surface area (TPSA) is 167 Å². The summed E-state index contributed by atoms with van der Waals surface area (Å²) in [6.45, 7) is 0. The summed E-state index contributed by atoms with van der Waals surface area (Å²) in [5.74, 6) is 0. The fourth-order valence-electron chi connectivity index (χ4n) is 0.269. The van der Waals surface area contributed by atoms with E-state index in [-0.39, 0.29) is 8.99 Å². The summed E-state index contributed by atoms with van der Waals surface area (Å²) >= 11 is 0. The van der Waals surface area contributed by atoms with Crippen LogP contribution in [0.5, 0.6) is 0 Å². The molecule has 10 nitrogen and oxygen atoms in total. The first-order chi connectivity index (χ1) is 7.41. The van der Waals surface area contributed by atoms with Crippen LogP contribution in [0.2, 0.25) is 0 Å². The molecule has 0 aromatic carbocycles. The third-order valence-corrected chi connectivity index (χ3v) is 3.99.